The first kappa shape index (κ1) is 18.1. The van der Waals surface area contributed by atoms with Crippen LogP contribution >= 0.6 is 0 Å². The van der Waals surface area contributed by atoms with E-state index in [2.05, 4.69) is 11.6 Å². The molecule has 0 spiro atoms. The molecule has 120 valence electrons. The van der Waals surface area contributed by atoms with Crippen molar-refractivity contribution < 1.29 is 18.3 Å². The van der Waals surface area contributed by atoms with Gasteiger partial charge in [0.2, 0.25) is 10.0 Å². The molecule has 1 aromatic carbocycles. The SMILES string of the molecule is CCCCOCCNS(=O)(=O)c1ccc(CCCO)cc1. The fourth-order valence-electron chi connectivity index (χ4n) is 1.80. The molecule has 0 radical (unpaired) electrons. The van der Waals surface area contributed by atoms with E-state index >= 15 is 0 Å². The molecule has 0 aromatic heterocycles. The van der Waals surface area contributed by atoms with Gasteiger partial charge in [-0.1, -0.05) is 25.5 Å². The van der Waals surface area contributed by atoms with Crippen molar-refractivity contribution in [1.82, 2.24) is 4.72 Å². The minimum Gasteiger partial charge on any atom is -0.396 e. The summed E-state index contributed by atoms with van der Waals surface area (Å²) in [6.07, 6.45) is 3.48. The van der Waals surface area contributed by atoms with Gasteiger partial charge in [0, 0.05) is 19.8 Å². The zero-order chi connectivity index (χ0) is 15.6. The second kappa shape index (κ2) is 9.89. The Hall–Kier alpha value is -0.950. The molecule has 0 amide bonds. The van der Waals surface area contributed by atoms with Crippen molar-refractivity contribution in [2.75, 3.05) is 26.4 Å². The molecule has 0 atom stereocenters. The number of sulfonamides is 1. The third-order valence-electron chi connectivity index (χ3n) is 3.04. The van der Waals surface area contributed by atoms with E-state index in [4.69, 9.17) is 9.84 Å². The van der Waals surface area contributed by atoms with E-state index in [1.165, 1.54) is 0 Å². The van der Waals surface area contributed by atoms with Gasteiger partial charge in [0.15, 0.2) is 0 Å². The third kappa shape index (κ3) is 7.04. The van der Waals surface area contributed by atoms with Gasteiger partial charge in [-0.3, -0.25) is 0 Å². The van der Waals surface area contributed by atoms with E-state index in [9.17, 15) is 8.42 Å². The monoisotopic (exact) mass is 315 g/mol. The Labute approximate surface area is 127 Å². The standard InChI is InChI=1S/C15H25NO4S/c1-2-3-12-20-13-10-16-21(18,19)15-8-6-14(7-9-15)5-4-11-17/h6-9,16-17H,2-5,10-13H2,1H3. The van der Waals surface area contributed by atoms with Crippen LogP contribution in [0.5, 0.6) is 0 Å². The van der Waals surface area contributed by atoms with Crippen molar-refractivity contribution in [3.63, 3.8) is 0 Å². The van der Waals surface area contributed by atoms with Crippen molar-refractivity contribution in [2.45, 2.75) is 37.5 Å². The van der Waals surface area contributed by atoms with E-state index < -0.39 is 10.0 Å². The van der Waals surface area contributed by atoms with Crippen LogP contribution in [0.15, 0.2) is 29.2 Å². The predicted molar refractivity (Wildman–Crippen MR) is 82.8 cm³/mol. The van der Waals surface area contributed by atoms with E-state index in [1.807, 2.05) is 0 Å². The number of aliphatic hydroxyl groups excluding tert-OH is 1. The highest BCUT2D eigenvalue weighted by molar-refractivity contribution is 7.89. The summed E-state index contributed by atoms with van der Waals surface area (Å²) >= 11 is 0. The van der Waals surface area contributed by atoms with Crippen molar-refractivity contribution in [1.29, 1.82) is 0 Å². The lowest BCUT2D eigenvalue weighted by Crippen LogP contribution is -2.27. The number of hydrogen-bond donors (Lipinski definition) is 2. The lowest BCUT2D eigenvalue weighted by Gasteiger charge is -2.08. The molecule has 1 aromatic rings. The van der Waals surface area contributed by atoms with Gasteiger partial charge in [0.25, 0.3) is 0 Å². The van der Waals surface area contributed by atoms with Gasteiger partial charge in [-0.25, -0.2) is 13.1 Å². The van der Waals surface area contributed by atoms with Gasteiger partial charge in [0.05, 0.1) is 11.5 Å². The molecule has 1 rings (SSSR count). The first-order chi connectivity index (χ1) is 10.1. The Balaban J connectivity index is 2.42. The maximum Gasteiger partial charge on any atom is 0.240 e. The maximum atomic E-state index is 12.0. The van der Waals surface area contributed by atoms with Crippen LogP contribution in [0.4, 0.5) is 0 Å². The van der Waals surface area contributed by atoms with Crippen LogP contribution in [-0.2, 0) is 21.2 Å². The van der Waals surface area contributed by atoms with E-state index in [1.54, 1.807) is 24.3 Å². The topological polar surface area (TPSA) is 75.6 Å². The van der Waals surface area contributed by atoms with Crippen molar-refractivity contribution in [3.8, 4) is 0 Å². The maximum absolute atomic E-state index is 12.0. The number of hydrogen-bond acceptors (Lipinski definition) is 4. The molecule has 0 heterocycles. The van der Waals surface area contributed by atoms with Crippen molar-refractivity contribution in [3.05, 3.63) is 29.8 Å². The normalized spacial score (nSPS) is 11.7. The molecule has 6 heteroatoms. The van der Waals surface area contributed by atoms with Gasteiger partial charge in [-0.2, -0.15) is 0 Å². The van der Waals surface area contributed by atoms with Gasteiger partial charge in [0.1, 0.15) is 0 Å². The van der Waals surface area contributed by atoms with Crippen LogP contribution in [0.3, 0.4) is 0 Å². The smallest absolute Gasteiger partial charge is 0.240 e. The van der Waals surface area contributed by atoms with Crippen LogP contribution in [0.25, 0.3) is 0 Å². The summed E-state index contributed by atoms with van der Waals surface area (Å²) in [5, 5.41) is 8.77. The molecule has 0 aliphatic heterocycles. The van der Waals surface area contributed by atoms with E-state index in [0.29, 0.717) is 19.6 Å². The fourth-order valence-corrected chi connectivity index (χ4v) is 2.81. The van der Waals surface area contributed by atoms with Gasteiger partial charge in [-0.15, -0.1) is 0 Å². The molecular formula is C15H25NO4S. The van der Waals surface area contributed by atoms with E-state index in [0.717, 1.165) is 24.8 Å². The first-order valence-electron chi connectivity index (χ1n) is 7.37. The molecular weight excluding hydrogens is 290 g/mol. The highest BCUT2D eigenvalue weighted by Crippen LogP contribution is 2.11. The average Bonchev–Trinajstić information content (AvgIpc) is 2.49. The number of benzene rings is 1. The highest BCUT2D eigenvalue weighted by atomic mass is 32.2. The Morgan fingerprint density at radius 1 is 1.14 bits per heavy atom. The Kier molecular flexibility index (Phi) is 8.52. The zero-order valence-electron chi connectivity index (χ0n) is 12.5. The summed E-state index contributed by atoms with van der Waals surface area (Å²) in [7, 11) is -3.47. The second-order valence-electron chi connectivity index (χ2n) is 4.83. The first-order valence-corrected chi connectivity index (χ1v) is 8.85. The van der Waals surface area contributed by atoms with Crippen LogP contribution in [0, 0.1) is 0 Å². The molecule has 2 N–H and O–H groups in total. The van der Waals surface area contributed by atoms with Gasteiger partial charge < -0.3 is 9.84 Å². The highest BCUT2D eigenvalue weighted by Gasteiger charge is 2.12. The summed E-state index contributed by atoms with van der Waals surface area (Å²) in [6.45, 7) is 3.54. The summed E-state index contributed by atoms with van der Waals surface area (Å²) < 4.78 is 31.9. The summed E-state index contributed by atoms with van der Waals surface area (Å²) in [4.78, 5) is 0.254. The molecule has 0 aliphatic carbocycles. The lowest BCUT2D eigenvalue weighted by molar-refractivity contribution is 0.136. The number of unbranched alkanes of at least 4 members (excludes halogenated alkanes) is 1. The minimum absolute atomic E-state index is 0.139. The largest absolute Gasteiger partial charge is 0.396 e. The molecule has 0 fully saturated rings. The lowest BCUT2D eigenvalue weighted by atomic mass is 10.1. The van der Waals surface area contributed by atoms with Crippen LogP contribution in [0.1, 0.15) is 31.7 Å². The predicted octanol–water partition coefficient (Wildman–Crippen LogP) is 1.71. The quantitative estimate of drug-likeness (QED) is 0.610. The summed E-state index contributed by atoms with van der Waals surface area (Å²) in [5.41, 5.74) is 1.02. The number of aryl methyl sites for hydroxylation is 1. The molecule has 0 saturated carbocycles. The molecule has 0 unspecified atom stereocenters. The third-order valence-corrected chi connectivity index (χ3v) is 4.51. The summed E-state index contributed by atoms with van der Waals surface area (Å²) in [5.74, 6) is 0. The molecule has 0 saturated heterocycles. The summed E-state index contributed by atoms with van der Waals surface area (Å²) in [6, 6.07) is 6.74. The van der Waals surface area contributed by atoms with Gasteiger partial charge in [-0.05, 0) is 37.0 Å². The number of ether oxygens (including phenoxy) is 1. The average molecular weight is 315 g/mol. The van der Waals surface area contributed by atoms with Crippen molar-refractivity contribution in [2.24, 2.45) is 0 Å². The van der Waals surface area contributed by atoms with E-state index in [-0.39, 0.29) is 18.0 Å². The Morgan fingerprint density at radius 2 is 1.86 bits per heavy atom. The van der Waals surface area contributed by atoms with Crippen LogP contribution in [0.2, 0.25) is 0 Å². The fraction of sp³-hybridized carbons (Fsp3) is 0.600. The van der Waals surface area contributed by atoms with Crippen LogP contribution < -0.4 is 4.72 Å². The Morgan fingerprint density at radius 3 is 2.48 bits per heavy atom. The number of nitrogens with one attached hydrogen (secondary N) is 1. The zero-order valence-corrected chi connectivity index (χ0v) is 13.4. The molecule has 0 aliphatic rings. The number of aliphatic hydroxyl groups is 1. The van der Waals surface area contributed by atoms with Gasteiger partial charge >= 0.3 is 0 Å². The van der Waals surface area contributed by atoms with Crippen LogP contribution in [-0.4, -0.2) is 39.9 Å². The van der Waals surface area contributed by atoms with Crippen molar-refractivity contribution >= 4 is 10.0 Å². The minimum atomic E-state index is -3.47. The molecule has 5 nitrogen and oxygen atoms in total. The number of rotatable bonds is 11. The Bertz CT molecular complexity index is 485. The second-order valence-corrected chi connectivity index (χ2v) is 6.60. The molecule has 21 heavy (non-hydrogen) atoms. The molecule has 0 bridgehead atoms.